The van der Waals surface area contributed by atoms with Gasteiger partial charge in [-0.25, -0.2) is 0 Å². The lowest BCUT2D eigenvalue weighted by molar-refractivity contribution is -0.136. The SMILES string of the molecule is O=C(O)Cc1ccccc1CNCc1ccc(Br)s1. The minimum absolute atomic E-state index is 0.0718. The number of rotatable bonds is 6. The summed E-state index contributed by atoms with van der Waals surface area (Å²) in [5.41, 5.74) is 1.91. The van der Waals surface area contributed by atoms with Gasteiger partial charge in [0.05, 0.1) is 10.2 Å². The second kappa shape index (κ2) is 6.84. The summed E-state index contributed by atoms with van der Waals surface area (Å²) in [5, 5.41) is 12.2. The summed E-state index contributed by atoms with van der Waals surface area (Å²) in [7, 11) is 0. The molecule has 0 unspecified atom stereocenters. The summed E-state index contributed by atoms with van der Waals surface area (Å²) in [6, 6.07) is 11.7. The molecule has 1 aromatic carbocycles. The van der Waals surface area contributed by atoms with E-state index >= 15 is 0 Å². The molecule has 0 aliphatic rings. The van der Waals surface area contributed by atoms with Crippen molar-refractivity contribution in [1.29, 1.82) is 0 Å². The normalized spacial score (nSPS) is 10.6. The largest absolute Gasteiger partial charge is 0.481 e. The molecular weight excluding hydrogens is 326 g/mol. The standard InChI is InChI=1S/C14H14BrNO2S/c15-13-6-5-12(19-13)9-16-8-11-4-2-1-3-10(11)7-14(17)18/h1-6,16H,7-9H2,(H,17,18). The van der Waals surface area contributed by atoms with Crippen LogP contribution >= 0.6 is 27.3 Å². The number of carboxylic acids is 1. The van der Waals surface area contributed by atoms with Crippen LogP contribution in [0.15, 0.2) is 40.2 Å². The van der Waals surface area contributed by atoms with Crippen molar-refractivity contribution in [1.82, 2.24) is 5.32 Å². The van der Waals surface area contributed by atoms with Crippen molar-refractivity contribution in [3.63, 3.8) is 0 Å². The Morgan fingerprint density at radius 2 is 1.89 bits per heavy atom. The molecule has 2 rings (SSSR count). The number of hydrogen-bond acceptors (Lipinski definition) is 3. The average Bonchev–Trinajstić information content (AvgIpc) is 2.77. The molecule has 0 spiro atoms. The molecule has 0 aliphatic heterocycles. The maximum atomic E-state index is 10.8. The van der Waals surface area contributed by atoms with E-state index in [2.05, 4.69) is 27.3 Å². The molecule has 3 nitrogen and oxygen atoms in total. The highest BCUT2D eigenvalue weighted by molar-refractivity contribution is 9.11. The second-order valence-corrected chi connectivity index (χ2v) is 6.70. The molecule has 0 amide bonds. The van der Waals surface area contributed by atoms with E-state index in [-0.39, 0.29) is 6.42 Å². The van der Waals surface area contributed by atoms with E-state index in [1.165, 1.54) is 4.88 Å². The molecule has 0 saturated heterocycles. The Morgan fingerprint density at radius 1 is 1.16 bits per heavy atom. The molecule has 1 heterocycles. The van der Waals surface area contributed by atoms with E-state index in [0.29, 0.717) is 6.54 Å². The molecule has 0 radical (unpaired) electrons. The predicted octanol–water partition coefficient (Wildman–Crippen LogP) is 3.43. The zero-order valence-corrected chi connectivity index (χ0v) is 12.6. The highest BCUT2D eigenvalue weighted by Gasteiger charge is 2.06. The van der Waals surface area contributed by atoms with Gasteiger partial charge in [0, 0.05) is 18.0 Å². The third kappa shape index (κ3) is 4.45. The van der Waals surface area contributed by atoms with Gasteiger partial charge in [0.15, 0.2) is 0 Å². The Balaban J connectivity index is 1.93. The van der Waals surface area contributed by atoms with Crippen molar-refractivity contribution in [2.75, 3.05) is 0 Å². The van der Waals surface area contributed by atoms with Crippen LogP contribution < -0.4 is 5.32 Å². The average molecular weight is 340 g/mol. The number of thiophene rings is 1. The van der Waals surface area contributed by atoms with Crippen LogP contribution in [0.1, 0.15) is 16.0 Å². The van der Waals surface area contributed by atoms with Crippen LogP contribution in [0, 0.1) is 0 Å². The summed E-state index contributed by atoms with van der Waals surface area (Å²) in [4.78, 5) is 12.0. The molecule has 0 aliphatic carbocycles. The highest BCUT2D eigenvalue weighted by atomic mass is 79.9. The molecule has 2 N–H and O–H groups in total. The van der Waals surface area contributed by atoms with Gasteiger partial charge in [-0.3, -0.25) is 4.79 Å². The monoisotopic (exact) mass is 339 g/mol. The zero-order chi connectivity index (χ0) is 13.7. The molecule has 19 heavy (non-hydrogen) atoms. The van der Waals surface area contributed by atoms with E-state index in [1.807, 2.05) is 30.3 Å². The number of carbonyl (C=O) groups is 1. The smallest absolute Gasteiger partial charge is 0.307 e. The first-order valence-corrected chi connectivity index (χ1v) is 7.49. The summed E-state index contributed by atoms with van der Waals surface area (Å²) in [6.07, 6.45) is 0.0718. The lowest BCUT2D eigenvalue weighted by Crippen LogP contribution is -2.14. The predicted molar refractivity (Wildman–Crippen MR) is 80.3 cm³/mol. The van der Waals surface area contributed by atoms with Gasteiger partial charge in [0.1, 0.15) is 0 Å². The van der Waals surface area contributed by atoms with Crippen molar-refractivity contribution in [2.24, 2.45) is 0 Å². The summed E-state index contributed by atoms with van der Waals surface area (Å²) < 4.78 is 1.12. The second-order valence-electron chi connectivity index (χ2n) is 4.15. The fourth-order valence-electron chi connectivity index (χ4n) is 1.83. The first-order valence-electron chi connectivity index (χ1n) is 5.88. The number of carboxylic acid groups (broad SMARTS) is 1. The van der Waals surface area contributed by atoms with Gasteiger partial charge in [-0.15, -0.1) is 11.3 Å². The Bertz CT molecular complexity index is 568. The molecule has 0 saturated carbocycles. The lowest BCUT2D eigenvalue weighted by Gasteiger charge is -2.08. The maximum absolute atomic E-state index is 10.8. The van der Waals surface area contributed by atoms with Crippen LogP contribution in [0.25, 0.3) is 0 Å². The highest BCUT2D eigenvalue weighted by Crippen LogP contribution is 2.21. The van der Waals surface area contributed by atoms with E-state index in [4.69, 9.17) is 5.11 Å². The van der Waals surface area contributed by atoms with Crippen molar-refractivity contribution in [3.8, 4) is 0 Å². The molecule has 2 aromatic rings. The Hall–Kier alpha value is -1.17. The van der Waals surface area contributed by atoms with E-state index < -0.39 is 5.97 Å². The minimum atomic E-state index is -0.797. The molecule has 100 valence electrons. The molecule has 5 heteroatoms. The molecule has 0 fully saturated rings. The van der Waals surface area contributed by atoms with Gasteiger partial charge >= 0.3 is 5.97 Å². The van der Waals surface area contributed by atoms with Crippen molar-refractivity contribution >= 4 is 33.2 Å². The lowest BCUT2D eigenvalue weighted by atomic mass is 10.0. The third-order valence-corrected chi connectivity index (χ3v) is 4.33. The first kappa shape index (κ1) is 14.2. The quantitative estimate of drug-likeness (QED) is 0.847. The molecule has 1 aromatic heterocycles. The van der Waals surface area contributed by atoms with Crippen LogP contribution in [-0.4, -0.2) is 11.1 Å². The Morgan fingerprint density at radius 3 is 2.53 bits per heavy atom. The van der Waals surface area contributed by atoms with Gasteiger partial charge in [-0.2, -0.15) is 0 Å². The minimum Gasteiger partial charge on any atom is -0.481 e. The van der Waals surface area contributed by atoms with Crippen molar-refractivity contribution < 1.29 is 9.90 Å². The number of benzene rings is 1. The maximum Gasteiger partial charge on any atom is 0.307 e. The van der Waals surface area contributed by atoms with Gasteiger partial charge in [0.2, 0.25) is 0 Å². The van der Waals surface area contributed by atoms with E-state index in [9.17, 15) is 4.79 Å². The van der Waals surface area contributed by atoms with Crippen LogP contribution in [-0.2, 0) is 24.3 Å². The van der Waals surface area contributed by atoms with Gasteiger partial charge in [-0.1, -0.05) is 24.3 Å². The van der Waals surface area contributed by atoms with Crippen LogP contribution in [0.5, 0.6) is 0 Å². The summed E-state index contributed by atoms with van der Waals surface area (Å²) >= 11 is 5.13. The fourth-order valence-corrected chi connectivity index (χ4v) is 3.29. The number of aliphatic carboxylic acids is 1. The van der Waals surface area contributed by atoms with Crippen LogP contribution in [0.4, 0.5) is 0 Å². The van der Waals surface area contributed by atoms with Crippen molar-refractivity contribution in [3.05, 3.63) is 56.2 Å². The van der Waals surface area contributed by atoms with Gasteiger partial charge in [0.25, 0.3) is 0 Å². The van der Waals surface area contributed by atoms with Gasteiger partial charge < -0.3 is 10.4 Å². The summed E-state index contributed by atoms with van der Waals surface area (Å²) in [6.45, 7) is 1.47. The first-order chi connectivity index (χ1) is 9.15. The van der Waals surface area contributed by atoms with Crippen LogP contribution in [0.3, 0.4) is 0 Å². The number of halogens is 1. The van der Waals surface area contributed by atoms with Crippen LogP contribution in [0.2, 0.25) is 0 Å². The third-order valence-electron chi connectivity index (χ3n) is 2.70. The molecular formula is C14H14BrNO2S. The number of hydrogen-bond donors (Lipinski definition) is 2. The fraction of sp³-hybridized carbons (Fsp3) is 0.214. The van der Waals surface area contributed by atoms with E-state index in [0.717, 1.165) is 21.5 Å². The topological polar surface area (TPSA) is 49.3 Å². The molecule has 0 bridgehead atoms. The van der Waals surface area contributed by atoms with Crippen molar-refractivity contribution in [2.45, 2.75) is 19.5 Å². The number of nitrogens with one attached hydrogen (secondary N) is 1. The summed E-state index contributed by atoms with van der Waals surface area (Å²) in [5.74, 6) is -0.797. The van der Waals surface area contributed by atoms with E-state index in [1.54, 1.807) is 11.3 Å². The Kier molecular flexibility index (Phi) is 5.13. The molecule has 0 atom stereocenters. The Labute approximate surface area is 124 Å². The van der Waals surface area contributed by atoms with Gasteiger partial charge in [-0.05, 0) is 39.2 Å². The zero-order valence-electron chi connectivity index (χ0n) is 10.2.